The standard InChI is InChI=1S/C10H12N2/c1-5-8-10(7-3)12-11-9(4)6-2/h5-8H,1-4H2/b10-8+,12-11+. The lowest BCUT2D eigenvalue weighted by Crippen LogP contribution is -1.69. The minimum Gasteiger partial charge on any atom is -0.151 e. The maximum atomic E-state index is 3.83. The highest BCUT2D eigenvalue weighted by Gasteiger charge is 1.84. The molecule has 62 valence electrons. The molecular formula is C10H12N2. The number of nitrogens with zero attached hydrogens (tertiary/aromatic N) is 2. The molecule has 2 nitrogen and oxygen atoms in total. The molecule has 0 saturated heterocycles. The van der Waals surface area contributed by atoms with Gasteiger partial charge in [-0.25, -0.2) is 0 Å². The summed E-state index contributed by atoms with van der Waals surface area (Å²) in [5.74, 6) is 0. The van der Waals surface area contributed by atoms with Crippen LogP contribution in [0, 0.1) is 0 Å². The van der Waals surface area contributed by atoms with Crippen LogP contribution in [0.1, 0.15) is 0 Å². The van der Waals surface area contributed by atoms with Gasteiger partial charge >= 0.3 is 0 Å². The third-order valence-electron chi connectivity index (χ3n) is 1.03. The first-order chi connectivity index (χ1) is 5.74. The van der Waals surface area contributed by atoms with Crippen molar-refractivity contribution in [3.05, 3.63) is 62.0 Å². The van der Waals surface area contributed by atoms with Crippen LogP contribution in [-0.2, 0) is 0 Å². The zero-order chi connectivity index (χ0) is 9.40. The van der Waals surface area contributed by atoms with Crippen molar-refractivity contribution in [3.63, 3.8) is 0 Å². The van der Waals surface area contributed by atoms with Crippen molar-refractivity contribution in [2.24, 2.45) is 10.2 Å². The molecule has 0 aliphatic rings. The molecule has 0 atom stereocenters. The van der Waals surface area contributed by atoms with Gasteiger partial charge in [0.05, 0.1) is 11.4 Å². The summed E-state index contributed by atoms with van der Waals surface area (Å²) in [6.07, 6.45) is 6.43. The summed E-state index contributed by atoms with van der Waals surface area (Å²) in [5, 5.41) is 7.59. The van der Waals surface area contributed by atoms with Crippen molar-refractivity contribution in [1.82, 2.24) is 0 Å². The second-order valence-corrected chi connectivity index (χ2v) is 1.93. The molecule has 0 aromatic rings. The van der Waals surface area contributed by atoms with Gasteiger partial charge in [-0.1, -0.05) is 32.4 Å². The van der Waals surface area contributed by atoms with Gasteiger partial charge in [-0.05, 0) is 18.2 Å². The third kappa shape index (κ3) is 4.17. The average Bonchev–Trinajstić information content (AvgIpc) is 2.11. The van der Waals surface area contributed by atoms with E-state index in [1.165, 1.54) is 6.08 Å². The summed E-state index contributed by atoms with van der Waals surface area (Å²) in [7, 11) is 0. The van der Waals surface area contributed by atoms with E-state index in [4.69, 9.17) is 0 Å². The molecule has 0 heterocycles. The van der Waals surface area contributed by atoms with Crippen molar-refractivity contribution in [1.29, 1.82) is 0 Å². The summed E-state index contributed by atoms with van der Waals surface area (Å²) >= 11 is 0. The highest BCUT2D eigenvalue weighted by atomic mass is 15.1. The molecule has 0 aliphatic carbocycles. The summed E-state index contributed by atoms with van der Waals surface area (Å²) in [6, 6.07) is 0. The molecule has 0 spiro atoms. The molecular weight excluding hydrogens is 148 g/mol. The zero-order valence-electron chi connectivity index (χ0n) is 7.03. The second-order valence-electron chi connectivity index (χ2n) is 1.93. The fourth-order valence-electron chi connectivity index (χ4n) is 0.426. The first-order valence-electron chi connectivity index (χ1n) is 3.42. The monoisotopic (exact) mass is 160 g/mol. The van der Waals surface area contributed by atoms with E-state index in [9.17, 15) is 0 Å². The van der Waals surface area contributed by atoms with Crippen LogP contribution >= 0.6 is 0 Å². The van der Waals surface area contributed by atoms with Crippen LogP contribution in [0.15, 0.2) is 72.2 Å². The van der Waals surface area contributed by atoms with Crippen LogP contribution in [-0.4, -0.2) is 0 Å². The lowest BCUT2D eigenvalue weighted by Gasteiger charge is -1.88. The number of rotatable bonds is 5. The van der Waals surface area contributed by atoms with E-state index >= 15 is 0 Å². The number of allylic oxidation sites excluding steroid dienone is 4. The van der Waals surface area contributed by atoms with Gasteiger partial charge in [-0.3, -0.25) is 0 Å². The van der Waals surface area contributed by atoms with Crippen molar-refractivity contribution in [2.75, 3.05) is 0 Å². The van der Waals surface area contributed by atoms with Crippen molar-refractivity contribution in [3.8, 4) is 0 Å². The molecule has 0 aromatic carbocycles. The first kappa shape index (κ1) is 10.3. The van der Waals surface area contributed by atoms with Crippen LogP contribution in [0.4, 0.5) is 0 Å². The lowest BCUT2D eigenvalue weighted by molar-refractivity contribution is 1.13. The third-order valence-corrected chi connectivity index (χ3v) is 1.03. The Morgan fingerprint density at radius 3 is 2.08 bits per heavy atom. The topological polar surface area (TPSA) is 24.7 Å². The number of azo groups is 1. The van der Waals surface area contributed by atoms with Crippen LogP contribution in [0.25, 0.3) is 0 Å². The van der Waals surface area contributed by atoms with Gasteiger partial charge in [0.25, 0.3) is 0 Å². The SMILES string of the molecule is C=C/C=C(C=C)/N=N/C(=C)C=C. The minimum absolute atomic E-state index is 0.520. The summed E-state index contributed by atoms with van der Waals surface area (Å²) in [4.78, 5) is 0. The minimum atomic E-state index is 0.520. The van der Waals surface area contributed by atoms with Gasteiger partial charge in [0.2, 0.25) is 0 Å². The van der Waals surface area contributed by atoms with Gasteiger partial charge in [0.1, 0.15) is 0 Å². The Bertz CT molecular complexity index is 257. The molecule has 0 bridgehead atoms. The molecule has 0 rings (SSSR count). The maximum Gasteiger partial charge on any atom is 0.0850 e. The Hall–Kier alpha value is -1.70. The normalized spacial score (nSPS) is 11.2. The Morgan fingerprint density at radius 1 is 1.00 bits per heavy atom. The Balaban J connectivity index is 4.39. The smallest absolute Gasteiger partial charge is 0.0850 e. The van der Waals surface area contributed by atoms with Crippen LogP contribution in [0.2, 0.25) is 0 Å². The summed E-state index contributed by atoms with van der Waals surface area (Å²) in [5.41, 5.74) is 1.17. The Labute approximate surface area is 73.0 Å². The second kappa shape index (κ2) is 6.04. The predicted octanol–water partition coefficient (Wildman–Crippen LogP) is 3.39. The van der Waals surface area contributed by atoms with E-state index in [0.29, 0.717) is 11.4 Å². The molecule has 0 radical (unpaired) electrons. The predicted molar refractivity (Wildman–Crippen MR) is 52.7 cm³/mol. The summed E-state index contributed by atoms with van der Waals surface area (Å²) in [6.45, 7) is 14.2. The number of hydrogen-bond acceptors (Lipinski definition) is 2. The molecule has 0 aliphatic heterocycles. The van der Waals surface area contributed by atoms with E-state index in [1.54, 1.807) is 18.2 Å². The molecule has 2 heteroatoms. The molecule has 0 saturated carbocycles. The average molecular weight is 160 g/mol. The van der Waals surface area contributed by atoms with Gasteiger partial charge in [0.15, 0.2) is 0 Å². The molecule has 0 aromatic heterocycles. The van der Waals surface area contributed by atoms with Crippen molar-refractivity contribution >= 4 is 0 Å². The van der Waals surface area contributed by atoms with Gasteiger partial charge in [-0.2, -0.15) is 10.2 Å². The van der Waals surface area contributed by atoms with Crippen molar-refractivity contribution in [2.45, 2.75) is 0 Å². The van der Waals surface area contributed by atoms with E-state index in [-0.39, 0.29) is 0 Å². The van der Waals surface area contributed by atoms with E-state index < -0.39 is 0 Å². The van der Waals surface area contributed by atoms with Gasteiger partial charge < -0.3 is 0 Å². The van der Waals surface area contributed by atoms with Crippen LogP contribution < -0.4 is 0 Å². The highest BCUT2D eigenvalue weighted by Crippen LogP contribution is 2.02. The Kier molecular flexibility index (Phi) is 5.18. The fraction of sp³-hybridized carbons (Fsp3) is 0. The molecule has 0 N–H and O–H groups in total. The number of hydrogen-bond donors (Lipinski definition) is 0. The first-order valence-corrected chi connectivity index (χ1v) is 3.42. The molecule has 0 unspecified atom stereocenters. The fourth-order valence-corrected chi connectivity index (χ4v) is 0.426. The molecule has 0 amide bonds. The lowest BCUT2D eigenvalue weighted by atomic mass is 10.4. The maximum absolute atomic E-state index is 3.83. The molecule has 0 fully saturated rings. The largest absolute Gasteiger partial charge is 0.151 e. The Morgan fingerprint density at radius 2 is 1.67 bits per heavy atom. The molecule has 12 heavy (non-hydrogen) atoms. The van der Waals surface area contributed by atoms with E-state index in [2.05, 4.69) is 36.5 Å². The van der Waals surface area contributed by atoms with E-state index in [1.807, 2.05) is 0 Å². The zero-order valence-corrected chi connectivity index (χ0v) is 7.03. The van der Waals surface area contributed by atoms with Crippen LogP contribution in [0.3, 0.4) is 0 Å². The van der Waals surface area contributed by atoms with Crippen molar-refractivity contribution < 1.29 is 0 Å². The van der Waals surface area contributed by atoms with Crippen LogP contribution in [0.5, 0.6) is 0 Å². The quantitative estimate of drug-likeness (QED) is 0.435. The summed E-state index contributed by atoms with van der Waals surface area (Å²) < 4.78 is 0. The highest BCUT2D eigenvalue weighted by molar-refractivity contribution is 5.20. The van der Waals surface area contributed by atoms with E-state index in [0.717, 1.165) is 0 Å². The van der Waals surface area contributed by atoms with Gasteiger partial charge in [-0.15, -0.1) is 0 Å². The van der Waals surface area contributed by atoms with Gasteiger partial charge in [0, 0.05) is 0 Å².